The molecule has 8 aromatic carbocycles. The number of rotatable bonds is 4. The molecule has 13 rings (SSSR count). The van der Waals surface area contributed by atoms with Gasteiger partial charge in [0.25, 0.3) is 0 Å². The van der Waals surface area contributed by atoms with Crippen molar-refractivity contribution in [3.05, 3.63) is 175 Å². The molecular weight excluding hydrogens is 755 g/mol. The first-order valence-electron chi connectivity index (χ1n) is 20.3. The van der Waals surface area contributed by atoms with Crippen LogP contribution in [0.3, 0.4) is 0 Å². The van der Waals surface area contributed by atoms with Crippen LogP contribution in [0.25, 0.3) is 120 Å². The number of aromatic nitrogens is 3. The van der Waals surface area contributed by atoms with E-state index in [1.165, 1.54) is 42.6 Å². The Bertz CT molecular complexity index is 3770. The first kappa shape index (κ1) is 33.6. The normalized spacial score (nSPS) is 13.3. The van der Waals surface area contributed by atoms with Gasteiger partial charge < -0.3 is 8.83 Å². The van der Waals surface area contributed by atoms with Crippen LogP contribution in [0.15, 0.2) is 173 Å². The van der Waals surface area contributed by atoms with Crippen molar-refractivity contribution >= 4 is 75.4 Å². The number of benzene rings is 8. The average molecular weight is 788 g/mol. The summed E-state index contributed by atoms with van der Waals surface area (Å²) in [6, 6.07) is 57.6. The standard InChI is InChI=1S/C54H33N3O2S/c1-54(2)41-19-6-3-12-33(41)35-16-9-15-32(50(35)54)30-24-26-44-40(28-30)48-37(17-10-21-45(48)59-44)52-55-51(31-25-27-43-39(29-31)34-13-4-7-20-42(34)58-43)56-53(57-52)38-18-11-23-47-49(38)36-14-5-8-22-46(36)60-47/h3-29H,1-2H3. The van der Waals surface area contributed by atoms with E-state index in [9.17, 15) is 0 Å². The molecule has 282 valence electrons. The van der Waals surface area contributed by atoms with Crippen molar-refractivity contribution in [1.82, 2.24) is 15.0 Å². The molecule has 0 unspecified atom stereocenters. The van der Waals surface area contributed by atoms with Crippen LogP contribution in [-0.4, -0.2) is 15.0 Å². The van der Waals surface area contributed by atoms with Crippen LogP contribution in [0.4, 0.5) is 0 Å². The summed E-state index contributed by atoms with van der Waals surface area (Å²) in [5, 5.41) is 6.41. The molecular formula is C54H33N3O2S. The van der Waals surface area contributed by atoms with Crippen molar-refractivity contribution in [2.75, 3.05) is 0 Å². The lowest BCUT2D eigenvalue weighted by Gasteiger charge is -2.24. The summed E-state index contributed by atoms with van der Waals surface area (Å²) in [7, 11) is 0. The molecule has 0 radical (unpaired) electrons. The van der Waals surface area contributed by atoms with Crippen molar-refractivity contribution < 1.29 is 8.83 Å². The Morgan fingerprint density at radius 3 is 1.85 bits per heavy atom. The highest BCUT2D eigenvalue weighted by atomic mass is 32.1. The Morgan fingerprint density at radius 1 is 0.400 bits per heavy atom. The number of hydrogen-bond donors (Lipinski definition) is 0. The van der Waals surface area contributed by atoms with Crippen molar-refractivity contribution in [2.45, 2.75) is 19.3 Å². The van der Waals surface area contributed by atoms with E-state index in [0.717, 1.165) is 71.5 Å². The number of hydrogen-bond acceptors (Lipinski definition) is 6. The zero-order valence-electron chi connectivity index (χ0n) is 32.7. The van der Waals surface area contributed by atoms with Gasteiger partial charge >= 0.3 is 0 Å². The fourth-order valence-electron chi connectivity index (χ4n) is 9.84. The third kappa shape index (κ3) is 4.76. The summed E-state index contributed by atoms with van der Waals surface area (Å²) in [6.45, 7) is 4.68. The zero-order valence-corrected chi connectivity index (χ0v) is 33.5. The SMILES string of the molecule is CC1(C)c2ccccc2-c2cccc(-c3ccc4oc5cccc(-c6nc(-c7ccc8oc9ccccc9c8c7)nc(-c7cccc8sc9ccccc9c78)n6)c5c4c3)c21. The molecule has 0 aliphatic heterocycles. The minimum atomic E-state index is -0.152. The van der Waals surface area contributed by atoms with Gasteiger partial charge in [-0.3, -0.25) is 0 Å². The molecule has 4 aromatic heterocycles. The Balaban J connectivity index is 1.05. The minimum Gasteiger partial charge on any atom is -0.456 e. The molecule has 6 heteroatoms. The molecule has 0 saturated carbocycles. The molecule has 0 bridgehead atoms. The quantitative estimate of drug-likeness (QED) is 0.178. The first-order valence-corrected chi connectivity index (χ1v) is 21.1. The Labute approximate surface area is 348 Å². The lowest BCUT2D eigenvalue weighted by molar-refractivity contribution is 0.662. The summed E-state index contributed by atoms with van der Waals surface area (Å²) in [5.41, 5.74) is 13.6. The fraction of sp³-hybridized carbons (Fsp3) is 0.0556. The molecule has 0 amide bonds. The van der Waals surface area contributed by atoms with Gasteiger partial charge in [-0.15, -0.1) is 11.3 Å². The van der Waals surface area contributed by atoms with Gasteiger partial charge in [0, 0.05) is 63.8 Å². The van der Waals surface area contributed by atoms with Crippen LogP contribution in [0, 0.1) is 0 Å². The molecule has 0 fully saturated rings. The highest BCUT2D eigenvalue weighted by molar-refractivity contribution is 7.25. The van der Waals surface area contributed by atoms with Crippen molar-refractivity contribution in [3.63, 3.8) is 0 Å². The Kier molecular flexibility index (Phi) is 6.88. The predicted octanol–water partition coefficient (Wildman–Crippen LogP) is 15.0. The number of thiophene rings is 1. The van der Waals surface area contributed by atoms with E-state index in [1.807, 2.05) is 42.5 Å². The smallest absolute Gasteiger partial charge is 0.164 e. The molecule has 60 heavy (non-hydrogen) atoms. The second-order valence-electron chi connectivity index (χ2n) is 16.3. The molecule has 4 heterocycles. The van der Waals surface area contributed by atoms with Gasteiger partial charge in [-0.2, -0.15) is 0 Å². The lowest BCUT2D eigenvalue weighted by atomic mass is 9.79. The monoisotopic (exact) mass is 787 g/mol. The van der Waals surface area contributed by atoms with Crippen LogP contribution in [-0.2, 0) is 5.41 Å². The maximum Gasteiger partial charge on any atom is 0.164 e. The summed E-state index contributed by atoms with van der Waals surface area (Å²) in [4.78, 5) is 16.0. The Morgan fingerprint density at radius 2 is 0.967 bits per heavy atom. The molecule has 1 aliphatic carbocycles. The number of furan rings is 2. The van der Waals surface area contributed by atoms with E-state index < -0.39 is 0 Å². The first-order chi connectivity index (χ1) is 29.5. The molecule has 1 aliphatic rings. The topological polar surface area (TPSA) is 65.0 Å². The van der Waals surface area contributed by atoms with E-state index in [0.29, 0.717) is 17.5 Å². The van der Waals surface area contributed by atoms with Crippen LogP contribution in [0.1, 0.15) is 25.0 Å². The van der Waals surface area contributed by atoms with E-state index in [2.05, 4.69) is 135 Å². The predicted molar refractivity (Wildman–Crippen MR) is 247 cm³/mol. The minimum absolute atomic E-state index is 0.152. The Hall–Kier alpha value is -7.41. The van der Waals surface area contributed by atoms with Gasteiger partial charge in [0.05, 0.1) is 0 Å². The van der Waals surface area contributed by atoms with Crippen molar-refractivity contribution in [1.29, 1.82) is 0 Å². The van der Waals surface area contributed by atoms with Gasteiger partial charge in [-0.25, -0.2) is 15.0 Å². The summed E-state index contributed by atoms with van der Waals surface area (Å²) in [6.07, 6.45) is 0. The molecule has 5 nitrogen and oxygen atoms in total. The van der Waals surface area contributed by atoms with Gasteiger partial charge in [0.15, 0.2) is 17.5 Å². The summed E-state index contributed by atoms with van der Waals surface area (Å²) >= 11 is 1.79. The highest BCUT2D eigenvalue weighted by Gasteiger charge is 2.37. The van der Waals surface area contributed by atoms with E-state index >= 15 is 0 Å². The lowest BCUT2D eigenvalue weighted by Crippen LogP contribution is -2.16. The molecule has 0 N–H and O–H groups in total. The van der Waals surface area contributed by atoms with Crippen LogP contribution < -0.4 is 0 Å². The highest BCUT2D eigenvalue weighted by Crippen LogP contribution is 2.52. The van der Waals surface area contributed by atoms with Gasteiger partial charge in [-0.1, -0.05) is 123 Å². The third-order valence-corrected chi connectivity index (χ3v) is 13.7. The third-order valence-electron chi connectivity index (χ3n) is 12.5. The van der Waals surface area contributed by atoms with E-state index in [-0.39, 0.29) is 5.41 Å². The van der Waals surface area contributed by atoms with E-state index in [4.69, 9.17) is 23.8 Å². The second kappa shape index (κ2) is 12.3. The van der Waals surface area contributed by atoms with Crippen LogP contribution >= 0.6 is 11.3 Å². The molecule has 0 spiro atoms. The van der Waals surface area contributed by atoms with Gasteiger partial charge in [-0.05, 0) is 88.0 Å². The molecule has 12 aromatic rings. The number of nitrogens with zero attached hydrogens (tertiary/aromatic N) is 3. The number of fused-ring (bicyclic) bond motifs is 12. The average Bonchev–Trinajstić information content (AvgIpc) is 4.04. The maximum atomic E-state index is 6.61. The zero-order chi connectivity index (χ0) is 39.7. The van der Waals surface area contributed by atoms with Gasteiger partial charge in [0.2, 0.25) is 0 Å². The summed E-state index contributed by atoms with van der Waals surface area (Å²) in [5.74, 6) is 1.79. The van der Waals surface area contributed by atoms with Gasteiger partial charge in [0.1, 0.15) is 22.3 Å². The van der Waals surface area contributed by atoms with Crippen molar-refractivity contribution in [3.8, 4) is 56.4 Å². The van der Waals surface area contributed by atoms with Crippen LogP contribution in [0.5, 0.6) is 0 Å². The maximum absolute atomic E-state index is 6.61. The molecule has 0 saturated heterocycles. The molecule has 0 atom stereocenters. The number of para-hydroxylation sites is 1. The fourth-order valence-corrected chi connectivity index (χ4v) is 11.0. The summed E-state index contributed by atoms with van der Waals surface area (Å²) < 4.78 is 15.3. The van der Waals surface area contributed by atoms with E-state index in [1.54, 1.807) is 11.3 Å². The largest absolute Gasteiger partial charge is 0.456 e. The van der Waals surface area contributed by atoms with Crippen molar-refractivity contribution in [2.24, 2.45) is 0 Å². The second-order valence-corrected chi connectivity index (χ2v) is 17.4. The van der Waals surface area contributed by atoms with Crippen LogP contribution in [0.2, 0.25) is 0 Å².